The normalized spacial score (nSPS) is 10.4. The highest BCUT2D eigenvalue weighted by molar-refractivity contribution is 7.98. The van der Waals surface area contributed by atoms with Crippen LogP contribution in [0.3, 0.4) is 0 Å². The summed E-state index contributed by atoms with van der Waals surface area (Å²) in [5, 5.41) is 9.80. The predicted molar refractivity (Wildman–Crippen MR) is 79.2 cm³/mol. The Morgan fingerprint density at radius 2 is 2.05 bits per heavy atom. The maximum atomic E-state index is 11.1. The summed E-state index contributed by atoms with van der Waals surface area (Å²) in [6.45, 7) is 1.80. The van der Waals surface area contributed by atoms with Crippen LogP contribution in [0.2, 0.25) is 5.02 Å². The number of rotatable bonds is 4. The summed E-state index contributed by atoms with van der Waals surface area (Å²) in [5.41, 5.74) is 2.26. The van der Waals surface area contributed by atoms with E-state index in [0.29, 0.717) is 10.6 Å². The van der Waals surface area contributed by atoms with E-state index in [1.54, 1.807) is 24.8 Å². The molecule has 0 bridgehead atoms. The van der Waals surface area contributed by atoms with Crippen molar-refractivity contribution in [2.45, 2.75) is 17.6 Å². The molecule has 1 N–H and O–H groups in total. The van der Waals surface area contributed by atoms with Crippen molar-refractivity contribution in [1.29, 1.82) is 0 Å². The van der Waals surface area contributed by atoms with Gasteiger partial charge in [-0.25, -0.2) is 4.79 Å². The van der Waals surface area contributed by atoms with Crippen molar-refractivity contribution >= 4 is 29.3 Å². The van der Waals surface area contributed by atoms with Crippen molar-refractivity contribution in [2.75, 3.05) is 0 Å². The monoisotopic (exact) mass is 292 g/mol. The quantitative estimate of drug-likeness (QED) is 0.834. The summed E-state index contributed by atoms with van der Waals surface area (Å²) in [6, 6.07) is 13.2. The number of carboxylic acids is 1. The van der Waals surface area contributed by atoms with Crippen molar-refractivity contribution in [2.24, 2.45) is 0 Å². The largest absolute Gasteiger partial charge is 0.478 e. The molecule has 19 heavy (non-hydrogen) atoms. The summed E-state index contributed by atoms with van der Waals surface area (Å²) in [5.74, 6) is -0.120. The molecule has 0 heterocycles. The summed E-state index contributed by atoms with van der Waals surface area (Å²) < 4.78 is 0. The molecule has 2 aromatic rings. The maximum absolute atomic E-state index is 11.1. The lowest BCUT2D eigenvalue weighted by Crippen LogP contribution is -1.99. The molecule has 0 radical (unpaired) electrons. The number of aromatic carboxylic acids is 1. The van der Waals surface area contributed by atoms with Gasteiger partial charge in [0.1, 0.15) is 0 Å². The van der Waals surface area contributed by atoms with Crippen LogP contribution in [0, 0.1) is 6.92 Å². The van der Waals surface area contributed by atoms with Gasteiger partial charge in [-0.15, -0.1) is 11.8 Å². The van der Waals surface area contributed by atoms with Crippen LogP contribution in [0.5, 0.6) is 0 Å². The van der Waals surface area contributed by atoms with E-state index in [0.717, 1.165) is 21.8 Å². The maximum Gasteiger partial charge on any atom is 0.335 e. The van der Waals surface area contributed by atoms with E-state index in [9.17, 15) is 4.79 Å². The van der Waals surface area contributed by atoms with E-state index in [1.165, 1.54) is 0 Å². The lowest BCUT2D eigenvalue weighted by Gasteiger charge is -2.06. The molecule has 0 spiro atoms. The summed E-state index contributed by atoms with van der Waals surface area (Å²) in [7, 11) is 0. The zero-order valence-corrected chi connectivity index (χ0v) is 12.0. The van der Waals surface area contributed by atoms with Crippen LogP contribution in [0.4, 0.5) is 0 Å². The second-order valence-corrected chi connectivity index (χ2v) is 5.69. The highest BCUT2D eigenvalue weighted by Gasteiger charge is 2.08. The Morgan fingerprint density at radius 3 is 2.74 bits per heavy atom. The molecule has 2 rings (SSSR count). The third-order valence-electron chi connectivity index (χ3n) is 2.73. The molecule has 0 aliphatic rings. The van der Waals surface area contributed by atoms with Gasteiger partial charge in [-0.3, -0.25) is 0 Å². The van der Waals surface area contributed by atoms with Crippen molar-refractivity contribution < 1.29 is 9.90 Å². The summed E-state index contributed by atoms with van der Waals surface area (Å²) in [4.78, 5) is 12.0. The Labute approximate surface area is 121 Å². The first kappa shape index (κ1) is 14.0. The second-order valence-electron chi connectivity index (χ2n) is 4.20. The van der Waals surface area contributed by atoms with Gasteiger partial charge in [0.05, 0.1) is 5.56 Å². The van der Waals surface area contributed by atoms with E-state index in [4.69, 9.17) is 16.7 Å². The SMILES string of the molecule is Cc1ccc(SCc2cccc(Cl)c2)cc1C(=O)O. The van der Waals surface area contributed by atoms with E-state index < -0.39 is 5.97 Å². The smallest absolute Gasteiger partial charge is 0.335 e. The van der Waals surface area contributed by atoms with Crippen LogP contribution in [0.25, 0.3) is 0 Å². The van der Waals surface area contributed by atoms with Gasteiger partial charge in [0.2, 0.25) is 0 Å². The number of thioether (sulfide) groups is 1. The van der Waals surface area contributed by atoms with Crippen LogP contribution in [0.15, 0.2) is 47.4 Å². The van der Waals surface area contributed by atoms with Crippen LogP contribution in [-0.2, 0) is 5.75 Å². The topological polar surface area (TPSA) is 37.3 Å². The van der Waals surface area contributed by atoms with Gasteiger partial charge < -0.3 is 5.11 Å². The fraction of sp³-hybridized carbons (Fsp3) is 0.133. The second kappa shape index (κ2) is 6.13. The zero-order valence-electron chi connectivity index (χ0n) is 10.4. The highest BCUT2D eigenvalue weighted by Crippen LogP contribution is 2.26. The molecule has 4 heteroatoms. The first-order chi connectivity index (χ1) is 9.06. The van der Waals surface area contributed by atoms with Crippen LogP contribution in [0.1, 0.15) is 21.5 Å². The van der Waals surface area contributed by atoms with Gasteiger partial charge in [-0.2, -0.15) is 0 Å². The number of carboxylic acid groups (broad SMARTS) is 1. The van der Waals surface area contributed by atoms with E-state index in [1.807, 2.05) is 36.4 Å². The molecule has 2 aromatic carbocycles. The average molecular weight is 293 g/mol. The molecular weight excluding hydrogens is 280 g/mol. The van der Waals surface area contributed by atoms with E-state index in [-0.39, 0.29) is 0 Å². The Morgan fingerprint density at radius 1 is 1.26 bits per heavy atom. The molecule has 0 fully saturated rings. The number of benzene rings is 2. The molecule has 98 valence electrons. The van der Waals surface area contributed by atoms with Crippen LogP contribution < -0.4 is 0 Å². The zero-order chi connectivity index (χ0) is 13.8. The Balaban J connectivity index is 2.12. The van der Waals surface area contributed by atoms with E-state index >= 15 is 0 Å². The molecule has 0 aliphatic heterocycles. The van der Waals surface area contributed by atoms with Crippen LogP contribution in [-0.4, -0.2) is 11.1 Å². The van der Waals surface area contributed by atoms with Gasteiger partial charge in [0.15, 0.2) is 0 Å². The van der Waals surface area contributed by atoms with E-state index in [2.05, 4.69) is 0 Å². The minimum absolute atomic E-state index is 0.357. The molecule has 0 saturated carbocycles. The first-order valence-corrected chi connectivity index (χ1v) is 7.14. The molecule has 2 nitrogen and oxygen atoms in total. The number of aryl methyl sites for hydroxylation is 1. The number of carbonyl (C=O) groups is 1. The first-order valence-electron chi connectivity index (χ1n) is 5.77. The molecule has 0 aliphatic carbocycles. The standard InChI is InChI=1S/C15H13ClO2S/c1-10-5-6-13(8-14(10)15(17)18)19-9-11-3-2-4-12(16)7-11/h2-8H,9H2,1H3,(H,17,18). The summed E-state index contributed by atoms with van der Waals surface area (Å²) in [6.07, 6.45) is 0. The molecule has 0 unspecified atom stereocenters. The molecule has 0 atom stereocenters. The fourth-order valence-corrected chi connectivity index (χ4v) is 2.81. The third-order valence-corrected chi connectivity index (χ3v) is 4.03. The lowest BCUT2D eigenvalue weighted by atomic mass is 10.1. The van der Waals surface area contributed by atoms with Gasteiger partial charge in [0, 0.05) is 15.7 Å². The number of hydrogen-bond donors (Lipinski definition) is 1. The minimum atomic E-state index is -0.886. The van der Waals surface area contributed by atoms with Gasteiger partial charge in [0.25, 0.3) is 0 Å². The molecule has 0 aromatic heterocycles. The van der Waals surface area contributed by atoms with Gasteiger partial charge in [-0.05, 0) is 42.3 Å². The lowest BCUT2D eigenvalue weighted by molar-refractivity contribution is 0.0696. The minimum Gasteiger partial charge on any atom is -0.478 e. The Kier molecular flexibility index (Phi) is 4.51. The van der Waals surface area contributed by atoms with Crippen molar-refractivity contribution in [3.63, 3.8) is 0 Å². The Bertz CT molecular complexity index is 611. The van der Waals surface area contributed by atoms with Gasteiger partial charge in [-0.1, -0.05) is 29.8 Å². The van der Waals surface area contributed by atoms with Crippen molar-refractivity contribution in [1.82, 2.24) is 0 Å². The number of hydrogen-bond acceptors (Lipinski definition) is 2. The number of halogens is 1. The average Bonchev–Trinajstić information content (AvgIpc) is 2.37. The predicted octanol–water partition coefficient (Wildman–Crippen LogP) is 4.64. The van der Waals surface area contributed by atoms with Gasteiger partial charge >= 0.3 is 5.97 Å². The Hall–Kier alpha value is -1.45. The summed E-state index contributed by atoms with van der Waals surface area (Å²) >= 11 is 7.53. The van der Waals surface area contributed by atoms with Crippen LogP contribution >= 0.6 is 23.4 Å². The molecule has 0 saturated heterocycles. The van der Waals surface area contributed by atoms with Crippen molar-refractivity contribution in [3.8, 4) is 0 Å². The highest BCUT2D eigenvalue weighted by atomic mass is 35.5. The molecule has 0 amide bonds. The third kappa shape index (κ3) is 3.75. The fourth-order valence-electron chi connectivity index (χ4n) is 1.71. The molecular formula is C15H13ClO2S. The van der Waals surface area contributed by atoms with Crippen molar-refractivity contribution in [3.05, 3.63) is 64.2 Å².